The Balaban J connectivity index is 2.32. The van der Waals surface area contributed by atoms with Gasteiger partial charge in [-0.05, 0) is 38.1 Å². The molecule has 0 aliphatic heterocycles. The Morgan fingerprint density at radius 3 is 2.73 bits per heavy atom. The first-order valence-corrected chi connectivity index (χ1v) is 5.18. The number of benzene rings is 1. The number of H-pyrrole nitrogens is 1. The molecule has 15 heavy (non-hydrogen) atoms. The summed E-state index contributed by atoms with van der Waals surface area (Å²) < 4.78 is 5.46. The molecule has 1 heterocycles. The first kappa shape index (κ1) is 9.84. The van der Waals surface area contributed by atoms with Gasteiger partial charge in [0.25, 0.3) is 0 Å². The van der Waals surface area contributed by atoms with E-state index in [-0.39, 0.29) is 0 Å². The highest BCUT2D eigenvalue weighted by Crippen LogP contribution is 2.23. The molecule has 1 N–H and O–H groups in total. The number of ether oxygens (including phenoxy) is 1. The van der Waals surface area contributed by atoms with Crippen LogP contribution in [0.5, 0.6) is 5.75 Å². The lowest BCUT2D eigenvalue weighted by Gasteiger charge is -2.04. The molecule has 0 saturated carbocycles. The molecule has 0 radical (unpaired) electrons. The Hall–Kier alpha value is -1.70. The fourth-order valence-corrected chi connectivity index (χ4v) is 1.59. The minimum absolute atomic E-state index is 0.702. The van der Waals surface area contributed by atoms with Crippen molar-refractivity contribution in [2.45, 2.75) is 13.8 Å². The molecule has 0 bridgehead atoms. The first-order chi connectivity index (χ1) is 7.29. The standard InChI is InChI=1S/C13H15NO/c1-3-15-12-6-4-5-11(9-12)13-8-7-10(2)14-13/h4-9,14H,3H2,1-2H3. The number of aromatic nitrogens is 1. The number of aryl methyl sites for hydroxylation is 1. The van der Waals surface area contributed by atoms with E-state index < -0.39 is 0 Å². The molecule has 2 aromatic rings. The first-order valence-electron chi connectivity index (χ1n) is 5.18. The average Bonchev–Trinajstić information content (AvgIpc) is 2.66. The van der Waals surface area contributed by atoms with E-state index in [1.165, 1.54) is 5.69 Å². The van der Waals surface area contributed by atoms with Crippen molar-refractivity contribution in [3.8, 4) is 17.0 Å². The quantitative estimate of drug-likeness (QED) is 0.809. The maximum Gasteiger partial charge on any atom is 0.119 e. The summed E-state index contributed by atoms with van der Waals surface area (Å²) in [4.78, 5) is 3.31. The van der Waals surface area contributed by atoms with E-state index in [1.807, 2.05) is 19.1 Å². The number of nitrogens with one attached hydrogen (secondary N) is 1. The van der Waals surface area contributed by atoms with Crippen molar-refractivity contribution in [2.24, 2.45) is 0 Å². The molecule has 2 heteroatoms. The van der Waals surface area contributed by atoms with E-state index >= 15 is 0 Å². The van der Waals surface area contributed by atoms with E-state index in [1.54, 1.807) is 0 Å². The van der Waals surface area contributed by atoms with Crippen molar-refractivity contribution in [2.75, 3.05) is 6.61 Å². The molecule has 0 saturated heterocycles. The molecule has 0 aliphatic rings. The van der Waals surface area contributed by atoms with E-state index in [0.717, 1.165) is 17.0 Å². The highest BCUT2D eigenvalue weighted by atomic mass is 16.5. The highest BCUT2D eigenvalue weighted by molar-refractivity contribution is 5.61. The zero-order chi connectivity index (χ0) is 10.7. The lowest BCUT2D eigenvalue weighted by atomic mass is 10.1. The molecule has 2 nitrogen and oxygen atoms in total. The summed E-state index contributed by atoms with van der Waals surface area (Å²) in [5, 5.41) is 0. The van der Waals surface area contributed by atoms with Crippen LogP contribution in [0.2, 0.25) is 0 Å². The molecule has 0 atom stereocenters. The Kier molecular flexibility index (Phi) is 2.77. The van der Waals surface area contributed by atoms with Crippen LogP contribution >= 0.6 is 0 Å². The van der Waals surface area contributed by atoms with E-state index in [0.29, 0.717) is 6.61 Å². The van der Waals surface area contributed by atoms with Crippen molar-refractivity contribution in [3.63, 3.8) is 0 Å². The summed E-state index contributed by atoms with van der Waals surface area (Å²) in [7, 11) is 0. The predicted molar refractivity (Wildman–Crippen MR) is 62.1 cm³/mol. The van der Waals surface area contributed by atoms with Crippen LogP contribution in [0.1, 0.15) is 12.6 Å². The van der Waals surface area contributed by atoms with Crippen molar-refractivity contribution in [3.05, 3.63) is 42.1 Å². The van der Waals surface area contributed by atoms with Crippen molar-refractivity contribution >= 4 is 0 Å². The van der Waals surface area contributed by atoms with Gasteiger partial charge in [0.1, 0.15) is 5.75 Å². The highest BCUT2D eigenvalue weighted by Gasteiger charge is 2.00. The molecular weight excluding hydrogens is 186 g/mol. The fraction of sp³-hybridized carbons (Fsp3) is 0.231. The molecule has 2 rings (SSSR count). The molecule has 0 amide bonds. The van der Waals surface area contributed by atoms with Gasteiger partial charge in [-0.25, -0.2) is 0 Å². The van der Waals surface area contributed by atoms with Crippen LogP contribution in [0.4, 0.5) is 0 Å². The SMILES string of the molecule is CCOc1cccc(-c2ccc(C)[nH]2)c1. The third-order valence-corrected chi connectivity index (χ3v) is 2.29. The van der Waals surface area contributed by atoms with Crippen LogP contribution in [0.25, 0.3) is 11.3 Å². The molecule has 0 fully saturated rings. The second-order valence-electron chi connectivity index (χ2n) is 3.52. The lowest BCUT2D eigenvalue weighted by molar-refractivity contribution is 0.340. The van der Waals surface area contributed by atoms with E-state index in [2.05, 4.69) is 36.2 Å². The average molecular weight is 201 g/mol. The number of hydrogen-bond acceptors (Lipinski definition) is 1. The van der Waals surface area contributed by atoms with Gasteiger partial charge in [0.2, 0.25) is 0 Å². The van der Waals surface area contributed by atoms with E-state index in [9.17, 15) is 0 Å². The third-order valence-electron chi connectivity index (χ3n) is 2.29. The minimum atomic E-state index is 0.702. The summed E-state index contributed by atoms with van der Waals surface area (Å²) >= 11 is 0. The third kappa shape index (κ3) is 2.21. The Bertz CT molecular complexity index is 445. The minimum Gasteiger partial charge on any atom is -0.494 e. The van der Waals surface area contributed by atoms with Crippen LogP contribution in [0, 0.1) is 6.92 Å². The largest absolute Gasteiger partial charge is 0.494 e. The van der Waals surface area contributed by atoms with Gasteiger partial charge in [-0.3, -0.25) is 0 Å². The van der Waals surface area contributed by atoms with Gasteiger partial charge < -0.3 is 9.72 Å². The summed E-state index contributed by atoms with van der Waals surface area (Å²) in [5.41, 5.74) is 3.47. The van der Waals surface area contributed by atoms with Crippen LogP contribution in [0.15, 0.2) is 36.4 Å². The molecule has 1 aromatic heterocycles. The molecule has 0 aliphatic carbocycles. The summed E-state index contributed by atoms with van der Waals surface area (Å²) in [6.45, 7) is 4.74. The van der Waals surface area contributed by atoms with Gasteiger partial charge in [0, 0.05) is 17.0 Å². The normalized spacial score (nSPS) is 10.3. The van der Waals surface area contributed by atoms with Gasteiger partial charge >= 0.3 is 0 Å². The lowest BCUT2D eigenvalue weighted by Crippen LogP contribution is -1.91. The monoisotopic (exact) mass is 201 g/mol. The fourth-order valence-electron chi connectivity index (χ4n) is 1.59. The summed E-state index contributed by atoms with van der Waals surface area (Å²) in [6.07, 6.45) is 0. The van der Waals surface area contributed by atoms with Crippen LogP contribution < -0.4 is 4.74 Å². The van der Waals surface area contributed by atoms with Crippen LogP contribution in [-0.2, 0) is 0 Å². The van der Waals surface area contributed by atoms with Crippen molar-refractivity contribution < 1.29 is 4.74 Å². The number of aromatic amines is 1. The predicted octanol–water partition coefficient (Wildman–Crippen LogP) is 3.39. The van der Waals surface area contributed by atoms with Crippen molar-refractivity contribution in [1.29, 1.82) is 0 Å². The molecule has 1 aromatic carbocycles. The maximum atomic E-state index is 5.46. The summed E-state index contributed by atoms with van der Waals surface area (Å²) in [6, 6.07) is 12.3. The van der Waals surface area contributed by atoms with Gasteiger partial charge in [0.15, 0.2) is 0 Å². The second kappa shape index (κ2) is 4.22. The summed E-state index contributed by atoms with van der Waals surface area (Å²) in [5.74, 6) is 0.919. The Morgan fingerprint density at radius 2 is 2.07 bits per heavy atom. The van der Waals surface area contributed by atoms with Crippen LogP contribution in [0.3, 0.4) is 0 Å². The van der Waals surface area contributed by atoms with Gasteiger partial charge in [-0.15, -0.1) is 0 Å². The Labute approximate surface area is 89.9 Å². The zero-order valence-electron chi connectivity index (χ0n) is 9.08. The van der Waals surface area contributed by atoms with Crippen molar-refractivity contribution in [1.82, 2.24) is 4.98 Å². The zero-order valence-corrected chi connectivity index (χ0v) is 9.08. The van der Waals surface area contributed by atoms with E-state index in [4.69, 9.17) is 4.74 Å². The molecule has 78 valence electrons. The molecule has 0 unspecified atom stereocenters. The maximum absolute atomic E-state index is 5.46. The molecular formula is C13H15NO. The van der Waals surface area contributed by atoms with Crippen LogP contribution in [-0.4, -0.2) is 11.6 Å². The van der Waals surface area contributed by atoms with Gasteiger partial charge in [-0.2, -0.15) is 0 Å². The number of hydrogen-bond donors (Lipinski definition) is 1. The Morgan fingerprint density at radius 1 is 1.20 bits per heavy atom. The van der Waals surface area contributed by atoms with Gasteiger partial charge in [-0.1, -0.05) is 12.1 Å². The smallest absolute Gasteiger partial charge is 0.119 e. The second-order valence-corrected chi connectivity index (χ2v) is 3.52. The number of rotatable bonds is 3. The molecule has 0 spiro atoms. The topological polar surface area (TPSA) is 25.0 Å². The van der Waals surface area contributed by atoms with Gasteiger partial charge in [0.05, 0.1) is 6.61 Å².